The number of nitrogens with zero attached hydrogens (tertiary/aromatic N) is 4. The summed E-state index contributed by atoms with van der Waals surface area (Å²) in [5.74, 6) is -0.203. The Morgan fingerprint density at radius 3 is 2.71 bits per heavy atom. The number of esters is 1. The number of carbonyl (C=O) groups excluding carboxylic acids is 1. The Labute approximate surface area is 181 Å². The molecule has 3 rings (SSSR count). The van der Waals surface area contributed by atoms with Gasteiger partial charge in [-0.25, -0.2) is 4.79 Å². The molecule has 0 saturated carbocycles. The fourth-order valence-corrected chi connectivity index (χ4v) is 3.04. The highest BCUT2D eigenvalue weighted by atomic mass is 32.2. The van der Waals surface area contributed by atoms with Gasteiger partial charge in [0.25, 0.3) is 5.69 Å². The van der Waals surface area contributed by atoms with Crippen LogP contribution in [0.4, 0.5) is 23.3 Å². The van der Waals surface area contributed by atoms with Crippen LogP contribution in [0.1, 0.15) is 16.2 Å². The number of anilines is 3. The van der Waals surface area contributed by atoms with Crippen molar-refractivity contribution < 1.29 is 19.2 Å². The first-order valence-corrected chi connectivity index (χ1v) is 10.0. The molecule has 0 atom stereocenters. The molecule has 31 heavy (non-hydrogen) atoms. The molecular weight excluding hydrogens is 424 g/mol. The molecule has 160 valence electrons. The summed E-state index contributed by atoms with van der Waals surface area (Å²) in [6.45, 7) is -0.354. The maximum atomic E-state index is 12.5. The largest absolute Gasteiger partial charge is 0.495 e. The van der Waals surface area contributed by atoms with E-state index in [2.05, 4.69) is 20.3 Å². The van der Waals surface area contributed by atoms with Gasteiger partial charge in [-0.3, -0.25) is 10.1 Å². The van der Waals surface area contributed by atoms with E-state index in [1.165, 1.54) is 31.0 Å². The topological polar surface area (TPSA) is 155 Å². The molecule has 0 aliphatic carbocycles. The van der Waals surface area contributed by atoms with Crippen LogP contribution in [0.5, 0.6) is 5.75 Å². The van der Waals surface area contributed by atoms with Crippen molar-refractivity contribution >= 4 is 41.0 Å². The van der Waals surface area contributed by atoms with Crippen LogP contribution in [-0.2, 0) is 11.3 Å². The monoisotopic (exact) mass is 442 g/mol. The van der Waals surface area contributed by atoms with Crippen LogP contribution in [0.2, 0.25) is 0 Å². The summed E-state index contributed by atoms with van der Waals surface area (Å²) < 4.78 is 10.5. The minimum atomic E-state index is -0.874. The minimum absolute atomic E-state index is 0.0712. The van der Waals surface area contributed by atoms with Crippen molar-refractivity contribution in [2.45, 2.75) is 11.5 Å². The first kappa shape index (κ1) is 21.8. The first-order valence-electron chi connectivity index (χ1n) is 8.81. The van der Waals surface area contributed by atoms with Crippen molar-refractivity contribution in [3.05, 3.63) is 64.0 Å². The highest BCUT2D eigenvalue weighted by Gasteiger charge is 2.22. The molecule has 3 aromatic rings. The lowest BCUT2D eigenvalue weighted by Gasteiger charge is -2.11. The number of aromatic nitrogens is 3. The molecule has 0 spiro atoms. The molecule has 12 heteroatoms. The Bertz CT molecular complexity index is 1130. The number of nitro groups is 1. The van der Waals surface area contributed by atoms with Gasteiger partial charge in [-0.1, -0.05) is 12.1 Å². The van der Waals surface area contributed by atoms with Crippen molar-refractivity contribution in [3.63, 3.8) is 0 Å². The molecule has 0 radical (unpaired) electrons. The summed E-state index contributed by atoms with van der Waals surface area (Å²) in [4.78, 5) is 35.9. The number of nitrogens with two attached hydrogens (primary N) is 1. The minimum Gasteiger partial charge on any atom is -0.495 e. The van der Waals surface area contributed by atoms with E-state index in [-0.39, 0.29) is 35.6 Å². The van der Waals surface area contributed by atoms with Crippen LogP contribution in [0.3, 0.4) is 0 Å². The quantitative estimate of drug-likeness (QED) is 0.228. The standard InChI is InChI=1S/C19H18N6O5S/c1-29-15-6-4-3-5-13(15)21-19-23-16(22-18(20)24-19)10-30-17(26)12-9-11(31-2)7-8-14(12)25(27)28/h3-9H,10H2,1-2H3,(H3,20,21,22,23,24). The Morgan fingerprint density at radius 1 is 1.23 bits per heavy atom. The molecule has 11 nitrogen and oxygen atoms in total. The molecule has 0 fully saturated rings. The van der Waals surface area contributed by atoms with E-state index in [9.17, 15) is 14.9 Å². The SMILES string of the molecule is COc1ccccc1Nc1nc(N)nc(COC(=O)c2cc(SC)ccc2[N+](=O)[O-])n1. The highest BCUT2D eigenvalue weighted by molar-refractivity contribution is 7.98. The Hall–Kier alpha value is -3.93. The van der Waals surface area contributed by atoms with Gasteiger partial charge in [-0.2, -0.15) is 15.0 Å². The summed E-state index contributed by atoms with van der Waals surface area (Å²) in [6.07, 6.45) is 1.79. The van der Waals surface area contributed by atoms with Crippen molar-refractivity contribution in [3.8, 4) is 5.75 Å². The lowest BCUT2D eigenvalue weighted by molar-refractivity contribution is -0.385. The van der Waals surface area contributed by atoms with Crippen molar-refractivity contribution in [1.29, 1.82) is 0 Å². The van der Waals surface area contributed by atoms with Gasteiger partial charge in [0.1, 0.15) is 11.3 Å². The zero-order valence-electron chi connectivity index (χ0n) is 16.6. The first-order chi connectivity index (χ1) is 14.9. The number of rotatable bonds is 8. The number of nitrogen functional groups attached to an aromatic ring is 1. The van der Waals surface area contributed by atoms with E-state index in [1.807, 2.05) is 6.07 Å². The predicted octanol–water partition coefficient (Wildman–Crippen LogP) is 3.19. The number of carbonyl (C=O) groups is 1. The van der Waals surface area contributed by atoms with Gasteiger partial charge in [0.2, 0.25) is 11.9 Å². The van der Waals surface area contributed by atoms with Gasteiger partial charge in [-0.05, 0) is 30.5 Å². The average molecular weight is 442 g/mol. The van der Waals surface area contributed by atoms with Crippen LogP contribution in [0.25, 0.3) is 0 Å². The van der Waals surface area contributed by atoms with Gasteiger partial charge < -0.3 is 20.5 Å². The molecular formula is C19H18N6O5S. The maximum absolute atomic E-state index is 12.5. The smallest absolute Gasteiger partial charge is 0.345 e. The second kappa shape index (κ2) is 9.71. The van der Waals surface area contributed by atoms with Crippen LogP contribution in [0, 0.1) is 10.1 Å². The van der Waals surface area contributed by atoms with E-state index >= 15 is 0 Å². The van der Waals surface area contributed by atoms with E-state index in [1.54, 1.807) is 30.5 Å². The average Bonchev–Trinajstić information content (AvgIpc) is 2.77. The van der Waals surface area contributed by atoms with Crippen LogP contribution >= 0.6 is 11.8 Å². The van der Waals surface area contributed by atoms with Crippen LogP contribution in [-0.4, -0.2) is 39.2 Å². The number of para-hydroxylation sites is 2. The molecule has 0 aliphatic rings. The third kappa shape index (κ3) is 5.36. The Balaban J connectivity index is 1.78. The van der Waals surface area contributed by atoms with E-state index in [0.29, 0.717) is 16.3 Å². The molecule has 1 aromatic heterocycles. The van der Waals surface area contributed by atoms with Crippen LogP contribution in [0.15, 0.2) is 47.4 Å². The van der Waals surface area contributed by atoms with E-state index in [0.717, 1.165) is 0 Å². The molecule has 3 N–H and O–H groups in total. The number of benzene rings is 2. The van der Waals surface area contributed by atoms with Gasteiger partial charge in [0.05, 0.1) is 17.7 Å². The molecule has 1 heterocycles. The van der Waals surface area contributed by atoms with Gasteiger partial charge in [0.15, 0.2) is 12.4 Å². The molecule has 0 saturated heterocycles. The number of ether oxygens (including phenoxy) is 2. The number of nitro benzene ring substituents is 1. The van der Waals surface area contributed by atoms with Gasteiger partial charge in [0, 0.05) is 11.0 Å². The summed E-state index contributed by atoms with van der Waals surface area (Å²) in [5, 5.41) is 14.2. The normalized spacial score (nSPS) is 10.4. The fraction of sp³-hybridized carbons (Fsp3) is 0.158. The Morgan fingerprint density at radius 2 is 2.00 bits per heavy atom. The third-order valence-corrected chi connectivity index (χ3v) is 4.73. The second-order valence-corrected chi connectivity index (χ2v) is 6.85. The van der Waals surface area contributed by atoms with E-state index in [4.69, 9.17) is 15.2 Å². The zero-order chi connectivity index (χ0) is 22.4. The number of methoxy groups -OCH3 is 1. The lowest BCUT2D eigenvalue weighted by atomic mass is 10.2. The van der Waals surface area contributed by atoms with Crippen molar-refractivity contribution in [2.24, 2.45) is 0 Å². The third-order valence-electron chi connectivity index (χ3n) is 4.01. The van der Waals surface area contributed by atoms with Crippen LogP contribution < -0.4 is 15.8 Å². The number of thioether (sulfide) groups is 1. The van der Waals surface area contributed by atoms with E-state index < -0.39 is 10.9 Å². The second-order valence-electron chi connectivity index (χ2n) is 5.98. The molecule has 0 bridgehead atoms. The fourth-order valence-electron chi connectivity index (χ4n) is 2.60. The number of hydrogen-bond acceptors (Lipinski definition) is 11. The van der Waals surface area contributed by atoms with Gasteiger partial charge >= 0.3 is 5.97 Å². The molecule has 0 amide bonds. The summed E-state index contributed by atoms with van der Waals surface area (Å²) in [5.41, 5.74) is 5.83. The molecule has 2 aromatic carbocycles. The van der Waals surface area contributed by atoms with Crippen molar-refractivity contribution in [2.75, 3.05) is 24.4 Å². The lowest BCUT2D eigenvalue weighted by Crippen LogP contribution is -2.12. The van der Waals surface area contributed by atoms with Crippen molar-refractivity contribution in [1.82, 2.24) is 15.0 Å². The van der Waals surface area contributed by atoms with Gasteiger partial charge in [-0.15, -0.1) is 11.8 Å². The number of hydrogen-bond donors (Lipinski definition) is 2. The number of nitrogens with one attached hydrogen (secondary N) is 1. The summed E-state index contributed by atoms with van der Waals surface area (Å²) >= 11 is 1.34. The molecule has 0 aliphatic heterocycles. The molecule has 0 unspecified atom stereocenters. The zero-order valence-corrected chi connectivity index (χ0v) is 17.4. The summed E-state index contributed by atoms with van der Waals surface area (Å²) in [7, 11) is 1.53. The summed E-state index contributed by atoms with van der Waals surface area (Å²) in [6, 6.07) is 11.3. The highest BCUT2D eigenvalue weighted by Crippen LogP contribution is 2.27. The Kier molecular flexibility index (Phi) is 6.82. The maximum Gasteiger partial charge on any atom is 0.345 e. The predicted molar refractivity (Wildman–Crippen MR) is 115 cm³/mol.